The molecule has 1 aliphatic rings. The number of hydrogen-bond donors (Lipinski definition) is 0. The van der Waals surface area contributed by atoms with Crippen LogP contribution in [0.15, 0.2) is 24.3 Å². The number of hydrogen-bond acceptors (Lipinski definition) is 1. The van der Waals surface area contributed by atoms with E-state index >= 15 is 0 Å². The largest absolute Gasteiger partial charge is 0.339 e. The van der Waals surface area contributed by atoms with Crippen molar-refractivity contribution in [3.63, 3.8) is 0 Å². The van der Waals surface area contributed by atoms with Gasteiger partial charge in [0.25, 0.3) is 0 Å². The van der Waals surface area contributed by atoms with Gasteiger partial charge in [-0.3, -0.25) is 4.79 Å². The van der Waals surface area contributed by atoms with Gasteiger partial charge in [-0.2, -0.15) is 0 Å². The van der Waals surface area contributed by atoms with Crippen LogP contribution in [0, 0.1) is 12.8 Å². The van der Waals surface area contributed by atoms with Gasteiger partial charge in [0, 0.05) is 12.6 Å². The molecule has 0 N–H and O–H groups in total. The molecule has 1 aromatic rings. The predicted octanol–water partition coefficient (Wildman–Crippen LogP) is 3.18. The standard InChI is InChI=1S/C16H23NO/c1-12(2)15-8-5-9-17(15)16(18)11-14-7-4-6-13(3)10-14/h4,6-7,10,12,15H,5,8-9,11H2,1-3H3. The normalized spacial score (nSPS) is 19.6. The third-order valence-electron chi connectivity index (χ3n) is 3.83. The molecule has 1 aliphatic heterocycles. The minimum Gasteiger partial charge on any atom is -0.339 e. The zero-order valence-corrected chi connectivity index (χ0v) is 11.6. The average molecular weight is 245 g/mol. The fourth-order valence-electron chi connectivity index (χ4n) is 2.89. The first-order chi connectivity index (χ1) is 8.58. The maximum atomic E-state index is 12.4. The maximum absolute atomic E-state index is 12.4. The van der Waals surface area contributed by atoms with Crippen molar-refractivity contribution in [3.05, 3.63) is 35.4 Å². The quantitative estimate of drug-likeness (QED) is 0.801. The van der Waals surface area contributed by atoms with Gasteiger partial charge in [-0.1, -0.05) is 43.7 Å². The lowest BCUT2D eigenvalue weighted by atomic mass is 10.0. The van der Waals surface area contributed by atoms with E-state index in [1.54, 1.807) is 0 Å². The highest BCUT2D eigenvalue weighted by Gasteiger charge is 2.30. The summed E-state index contributed by atoms with van der Waals surface area (Å²) in [5, 5.41) is 0. The minimum absolute atomic E-state index is 0.289. The Morgan fingerprint density at radius 3 is 2.89 bits per heavy atom. The molecule has 18 heavy (non-hydrogen) atoms. The first-order valence-corrected chi connectivity index (χ1v) is 6.93. The van der Waals surface area contributed by atoms with E-state index in [0.717, 1.165) is 24.9 Å². The fourth-order valence-corrected chi connectivity index (χ4v) is 2.89. The van der Waals surface area contributed by atoms with E-state index in [2.05, 4.69) is 37.8 Å². The minimum atomic E-state index is 0.289. The van der Waals surface area contributed by atoms with Gasteiger partial charge in [0.1, 0.15) is 0 Å². The fraction of sp³-hybridized carbons (Fsp3) is 0.562. The molecule has 2 nitrogen and oxygen atoms in total. The van der Waals surface area contributed by atoms with Crippen LogP contribution in [0.2, 0.25) is 0 Å². The SMILES string of the molecule is Cc1cccc(CC(=O)N2CCCC2C(C)C)c1. The Bertz CT molecular complexity index is 425. The summed E-state index contributed by atoms with van der Waals surface area (Å²) in [7, 11) is 0. The van der Waals surface area contributed by atoms with Crippen molar-refractivity contribution in [3.8, 4) is 0 Å². The van der Waals surface area contributed by atoms with Crippen molar-refractivity contribution >= 4 is 5.91 Å². The van der Waals surface area contributed by atoms with Crippen molar-refractivity contribution in [2.24, 2.45) is 5.92 Å². The van der Waals surface area contributed by atoms with Crippen LogP contribution < -0.4 is 0 Å². The first-order valence-electron chi connectivity index (χ1n) is 6.93. The molecule has 0 bridgehead atoms. The topological polar surface area (TPSA) is 20.3 Å². The first kappa shape index (κ1) is 13.1. The number of likely N-dealkylation sites (tertiary alicyclic amines) is 1. The van der Waals surface area contributed by atoms with Crippen LogP contribution in [0.3, 0.4) is 0 Å². The molecular weight excluding hydrogens is 222 g/mol. The molecule has 0 aliphatic carbocycles. The lowest BCUT2D eigenvalue weighted by Crippen LogP contribution is -2.39. The van der Waals surface area contributed by atoms with Crippen LogP contribution in [0.25, 0.3) is 0 Å². The molecule has 2 heteroatoms. The molecule has 1 aromatic carbocycles. The number of carbonyl (C=O) groups excluding carboxylic acids is 1. The van der Waals surface area contributed by atoms with E-state index < -0.39 is 0 Å². The molecule has 1 atom stereocenters. The van der Waals surface area contributed by atoms with Crippen LogP contribution in [0.5, 0.6) is 0 Å². The summed E-state index contributed by atoms with van der Waals surface area (Å²) in [6, 6.07) is 8.70. The van der Waals surface area contributed by atoms with Gasteiger partial charge in [0.2, 0.25) is 5.91 Å². The number of benzene rings is 1. The van der Waals surface area contributed by atoms with E-state index in [0.29, 0.717) is 18.4 Å². The van der Waals surface area contributed by atoms with Crippen LogP contribution >= 0.6 is 0 Å². The Morgan fingerprint density at radius 1 is 1.44 bits per heavy atom. The zero-order valence-electron chi connectivity index (χ0n) is 11.6. The highest BCUT2D eigenvalue weighted by atomic mass is 16.2. The van der Waals surface area contributed by atoms with Gasteiger partial charge in [0.15, 0.2) is 0 Å². The second-order valence-electron chi connectivity index (χ2n) is 5.71. The lowest BCUT2D eigenvalue weighted by Gasteiger charge is -2.27. The Labute approximate surface area is 110 Å². The molecule has 2 rings (SSSR count). The summed E-state index contributed by atoms with van der Waals surface area (Å²) >= 11 is 0. The monoisotopic (exact) mass is 245 g/mol. The van der Waals surface area contributed by atoms with Gasteiger partial charge in [0.05, 0.1) is 6.42 Å². The molecule has 0 saturated carbocycles. The van der Waals surface area contributed by atoms with Gasteiger partial charge >= 0.3 is 0 Å². The third kappa shape index (κ3) is 2.92. The lowest BCUT2D eigenvalue weighted by molar-refractivity contribution is -0.132. The molecule has 1 saturated heterocycles. The van der Waals surface area contributed by atoms with Crippen LogP contribution in [-0.4, -0.2) is 23.4 Å². The predicted molar refractivity (Wildman–Crippen MR) is 74.5 cm³/mol. The van der Waals surface area contributed by atoms with E-state index in [1.807, 2.05) is 12.1 Å². The summed E-state index contributed by atoms with van der Waals surface area (Å²) in [5.74, 6) is 0.853. The Balaban J connectivity index is 2.03. The van der Waals surface area contributed by atoms with E-state index in [1.165, 1.54) is 5.56 Å². The molecule has 1 fully saturated rings. The van der Waals surface area contributed by atoms with Crippen LogP contribution in [-0.2, 0) is 11.2 Å². The smallest absolute Gasteiger partial charge is 0.227 e. The highest BCUT2D eigenvalue weighted by molar-refractivity contribution is 5.79. The summed E-state index contributed by atoms with van der Waals surface area (Å²) in [4.78, 5) is 14.5. The van der Waals surface area contributed by atoms with Crippen molar-refractivity contribution in [1.82, 2.24) is 4.90 Å². The molecule has 0 radical (unpaired) electrons. The Morgan fingerprint density at radius 2 is 2.22 bits per heavy atom. The Hall–Kier alpha value is -1.31. The van der Waals surface area contributed by atoms with E-state index in [9.17, 15) is 4.79 Å². The summed E-state index contributed by atoms with van der Waals surface area (Å²) in [6.45, 7) is 7.43. The number of carbonyl (C=O) groups is 1. The molecule has 0 spiro atoms. The summed E-state index contributed by atoms with van der Waals surface area (Å²) in [6.07, 6.45) is 2.87. The number of amides is 1. The van der Waals surface area contributed by atoms with Crippen LogP contribution in [0.1, 0.15) is 37.8 Å². The second kappa shape index (κ2) is 5.55. The van der Waals surface area contributed by atoms with Gasteiger partial charge < -0.3 is 4.90 Å². The van der Waals surface area contributed by atoms with Gasteiger partial charge in [-0.25, -0.2) is 0 Å². The Kier molecular flexibility index (Phi) is 4.05. The van der Waals surface area contributed by atoms with E-state index in [-0.39, 0.29) is 5.91 Å². The summed E-state index contributed by atoms with van der Waals surface area (Å²) < 4.78 is 0. The van der Waals surface area contributed by atoms with Crippen molar-refractivity contribution in [1.29, 1.82) is 0 Å². The molecule has 1 heterocycles. The van der Waals surface area contributed by atoms with Crippen molar-refractivity contribution in [2.75, 3.05) is 6.54 Å². The third-order valence-corrected chi connectivity index (χ3v) is 3.83. The molecule has 98 valence electrons. The number of nitrogens with zero attached hydrogens (tertiary/aromatic N) is 1. The molecule has 0 aromatic heterocycles. The van der Waals surface area contributed by atoms with Gasteiger partial charge in [-0.15, -0.1) is 0 Å². The highest BCUT2D eigenvalue weighted by Crippen LogP contribution is 2.24. The van der Waals surface area contributed by atoms with Gasteiger partial charge in [-0.05, 0) is 31.2 Å². The average Bonchev–Trinajstić information content (AvgIpc) is 2.77. The molecule has 1 unspecified atom stereocenters. The van der Waals surface area contributed by atoms with Crippen molar-refractivity contribution in [2.45, 2.75) is 46.1 Å². The van der Waals surface area contributed by atoms with Crippen molar-refractivity contribution < 1.29 is 4.79 Å². The molecule has 1 amide bonds. The number of rotatable bonds is 3. The van der Waals surface area contributed by atoms with E-state index in [4.69, 9.17) is 0 Å². The zero-order chi connectivity index (χ0) is 13.1. The molecular formula is C16H23NO. The number of aryl methyl sites for hydroxylation is 1. The summed E-state index contributed by atoms with van der Waals surface area (Å²) in [5.41, 5.74) is 2.36. The maximum Gasteiger partial charge on any atom is 0.227 e. The van der Waals surface area contributed by atoms with Crippen LogP contribution in [0.4, 0.5) is 0 Å². The second-order valence-corrected chi connectivity index (χ2v) is 5.71.